The molecule has 0 bridgehead atoms. The van der Waals surface area contributed by atoms with Gasteiger partial charge in [-0.1, -0.05) is 6.07 Å². The molecule has 2 aliphatic rings. The zero-order valence-corrected chi connectivity index (χ0v) is 18.1. The van der Waals surface area contributed by atoms with Crippen LogP contribution in [0.2, 0.25) is 0 Å². The van der Waals surface area contributed by atoms with Crippen molar-refractivity contribution in [1.82, 2.24) is 4.90 Å². The van der Waals surface area contributed by atoms with Crippen molar-refractivity contribution in [3.05, 3.63) is 51.2 Å². The highest BCUT2D eigenvalue weighted by Crippen LogP contribution is 2.27. The molecule has 0 radical (unpaired) electrons. The predicted molar refractivity (Wildman–Crippen MR) is 117 cm³/mol. The Bertz CT molecular complexity index is 904. The summed E-state index contributed by atoms with van der Waals surface area (Å²) in [6, 6.07) is 7.60. The molecule has 1 aromatic heterocycles. The summed E-state index contributed by atoms with van der Waals surface area (Å²) in [4.78, 5) is 28.7. The smallest absolute Gasteiger partial charge is 0.254 e. The lowest BCUT2D eigenvalue weighted by atomic mass is 10.0. The van der Waals surface area contributed by atoms with Crippen molar-refractivity contribution in [2.75, 3.05) is 31.7 Å². The summed E-state index contributed by atoms with van der Waals surface area (Å²) in [6.45, 7) is 4.96. The molecule has 30 heavy (non-hydrogen) atoms. The largest absolute Gasteiger partial charge is 0.378 e. The SMILES string of the molecule is Cc1c(NC(=O)CCOCC2CCCO2)cccc1C(=O)N1CCc2sccc2C1. The van der Waals surface area contributed by atoms with Gasteiger partial charge in [0.05, 0.1) is 25.7 Å². The first kappa shape index (κ1) is 21.0. The first-order valence-electron chi connectivity index (χ1n) is 10.5. The van der Waals surface area contributed by atoms with Crippen LogP contribution in [0.15, 0.2) is 29.6 Å². The first-order valence-corrected chi connectivity index (χ1v) is 11.4. The van der Waals surface area contributed by atoms with Gasteiger partial charge in [0, 0.05) is 35.8 Å². The number of fused-ring (bicyclic) bond motifs is 1. The van der Waals surface area contributed by atoms with Crippen LogP contribution in [0.3, 0.4) is 0 Å². The fourth-order valence-electron chi connectivity index (χ4n) is 3.96. The van der Waals surface area contributed by atoms with Gasteiger partial charge in [0.2, 0.25) is 5.91 Å². The van der Waals surface area contributed by atoms with Gasteiger partial charge in [0.15, 0.2) is 0 Å². The Morgan fingerprint density at radius 1 is 1.33 bits per heavy atom. The monoisotopic (exact) mass is 428 g/mol. The molecule has 2 aliphatic heterocycles. The number of hydrogen-bond donors (Lipinski definition) is 1. The summed E-state index contributed by atoms with van der Waals surface area (Å²) >= 11 is 1.76. The van der Waals surface area contributed by atoms with E-state index >= 15 is 0 Å². The molecule has 1 aromatic carbocycles. The van der Waals surface area contributed by atoms with Crippen LogP contribution in [-0.4, -0.2) is 49.2 Å². The highest BCUT2D eigenvalue weighted by atomic mass is 32.1. The van der Waals surface area contributed by atoms with E-state index < -0.39 is 0 Å². The highest BCUT2D eigenvalue weighted by Gasteiger charge is 2.24. The summed E-state index contributed by atoms with van der Waals surface area (Å²) in [6.07, 6.45) is 3.45. The Labute approximate surface area is 181 Å². The number of hydrogen-bond acceptors (Lipinski definition) is 5. The Balaban J connectivity index is 1.32. The lowest BCUT2D eigenvalue weighted by Gasteiger charge is -2.28. The minimum absolute atomic E-state index is 0.0142. The highest BCUT2D eigenvalue weighted by molar-refractivity contribution is 7.10. The minimum atomic E-state index is -0.115. The maximum absolute atomic E-state index is 13.1. The van der Waals surface area contributed by atoms with Gasteiger partial charge in [-0.2, -0.15) is 0 Å². The second-order valence-electron chi connectivity index (χ2n) is 7.83. The number of carbonyl (C=O) groups is 2. The van der Waals surface area contributed by atoms with Crippen LogP contribution < -0.4 is 5.32 Å². The number of amides is 2. The molecule has 0 spiro atoms. The lowest BCUT2D eigenvalue weighted by molar-refractivity contribution is -0.117. The fraction of sp³-hybridized carbons (Fsp3) is 0.478. The van der Waals surface area contributed by atoms with Crippen molar-refractivity contribution in [2.45, 2.75) is 45.3 Å². The van der Waals surface area contributed by atoms with Gasteiger partial charge in [-0.05, 0) is 60.9 Å². The van der Waals surface area contributed by atoms with E-state index in [-0.39, 0.29) is 24.3 Å². The molecule has 1 saturated heterocycles. The average Bonchev–Trinajstić information content (AvgIpc) is 3.43. The van der Waals surface area contributed by atoms with Crippen molar-refractivity contribution in [1.29, 1.82) is 0 Å². The summed E-state index contributed by atoms with van der Waals surface area (Å²) in [7, 11) is 0. The van der Waals surface area contributed by atoms with Crippen LogP contribution in [-0.2, 0) is 27.2 Å². The quantitative estimate of drug-likeness (QED) is 0.682. The van der Waals surface area contributed by atoms with Gasteiger partial charge in [-0.25, -0.2) is 0 Å². The van der Waals surface area contributed by atoms with Crippen LogP contribution >= 0.6 is 11.3 Å². The van der Waals surface area contributed by atoms with Gasteiger partial charge < -0.3 is 19.7 Å². The molecular weight excluding hydrogens is 400 g/mol. The van der Waals surface area contributed by atoms with Gasteiger partial charge >= 0.3 is 0 Å². The van der Waals surface area contributed by atoms with E-state index in [1.165, 1.54) is 10.4 Å². The first-order chi connectivity index (χ1) is 14.6. The molecular formula is C23H28N2O4S. The Hall–Kier alpha value is -2.22. The molecule has 1 unspecified atom stereocenters. The zero-order chi connectivity index (χ0) is 20.9. The number of anilines is 1. The molecule has 1 N–H and O–H groups in total. The van der Waals surface area contributed by atoms with Gasteiger partial charge in [0.1, 0.15) is 0 Å². The molecule has 2 amide bonds. The number of benzene rings is 1. The molecule has 2 aromatic rings. The molecule has 3 heterocycles. The average molecular weight is 429 g/mol. The third-order valence-corrected chi connectivity index (χ3v) is 6.76. The van der Waals surface area contributed by atoms with Gasteiger partial charge in [0.25, 0.3) is 5.91 Å². The van der Waals surface area contributed by atoms with E-state index in [2.05, 4.69) is 16.8 Å². The van der Waals surface area contributed by atoms with Gasteiger partial charge in [-0.3, -0.25) is 9.59 Å². The van der Waals surface area contributed by atoms with Crippen LogP contribution in [0.5, 0.6) is 0 Å². The van der Waals surface area contributed by atoms with Crippen LogP contribution in [0, 0.1) is 6.92 Å². The number of nitrogens with zero attached hydrogens (tertiary/aromatic N) is 1. The topological polar surface area (TPSA) is 67.9 Å². The second kappa shape index (κ2) is 9.73. The maximum Gasteiger partial charge on any atom is 0.254 e. The third kappa shape index (κ3) is 4.91. The maximum atomic E-state index is 13.1. The molecule has 1 atom stereocenters. The van der Waals surface area contributed by atoms with E-state index in [1.807, 2.05) is 30.0 Å². The Morgan fingerprint density at radius 3 is 3.07 bits per heavy atom. The normalized spacial score (nSPS) is 18.3. The Kier molecular flexibility index (Phi) is 6.82. The minimum Gasteiger partial charge on any atom is -0.378 e. The molecule has 7 heteroatoms. The van der Waals surface area contributed by atoms with Crippen molar-refractivity contribution < 1.29 is 19.1 Å². The second-order valence-corrected chi connectivity index (χ2v) is 8.83. The van der Waals surface area contributed by atoms with E-state index in [9.17, 15) is 9.59 Å². The van der Waals surface area contributed by atoms with E-state index in [1.54, 1.807) is 11.3 Å². The summed E-state index contributed by atoms with van der Waals surface area (Å²) in [5, 5.41) is 5.02. The van der Waals surface area contributed by atoms with Crippen molar-refractivity contribution in [3.63, 3.8) is 0 Å². The lowest BCUT2D eigenvalue weighted by Crippen LogP contribution is -2.35. The number of rotatable bonds is 7. The molecule has 6 nitrogen and oxygen atoms in total. The third-order valence-electron chi connectivity index (χ3n) is 5.73. The standard InChI is InChI=1S/C23H28N2O4S/c1-16-19(23(27)25-10-7-21-17(14-25)9-13-30-21)5-2-6-20(16)24-22(26)8-12-28-15-18-4-3-11-29-18/h2,5-6,9,13,18H,3-4,7-8,10-12,14-15H2,1H3,(H,24,26). The van der Waals surface area contributed by atoms with Crippen LogP contribution in [0.25, 0.3) is 0 Å². The summed E-state index contributed by atoms with van der Waals surface area (Å²) in [5.74, 6) is -0.101. The number of nitrogens with one attached hydrogen (secondary N) is 1. The number of carbonyl (C=O) groups excluding carboxylic acids is 2. The fourth-order valence-corrected chi connectivity index (χ4v) is 4.85. The summed E-state index contributed by atoms with van der Waals surface area (Å²) in [5.41, 5.74) is 3.36. The van der Waals surface area contributed by atoms with Crippen LogP contribution in [0.4, 0.5) is 5.69 Å². The molecule has 0 aliphatic carbocycles. The molecule has 4 rings (SSSR count). The number of ether oxygens (including phenoxy) is 2. The van der Waals surface area contributed by atoms with Crippen molar-refractivity contribution in [2.24, 2.45) is 0 Å². The number of thiophene rings is 1. The molecule has 0 saturated carbocycles. The molecule has 160 valence electrons. The zero-order valence-electron chi connectivity index (χ0n) is 17.3. The molecule has 1 fully saturated rings. The van der Waals surface area contributed by atoms with E-state index in [0.29, 0.717) is 31.0 Å². The van der Waals surface area contributed by atoms with Crippen molar-refractivity contribution in [3.8, 4) is 0 Å². The van der Waals surface area contributed by atoms with E-state index in [0.717, 1.165) is 38.0 Å². The van der Waals surface area contributed by atoms with Crippen LogP contribution in [0.1, 0.15) is 45.6 Å². The summed E-state index contributed by atoms with van der Waals surface area (Å²) < 4.78 is 11.1. The predicted octanol–water partition coefficient (Wildman–Crippen LogP) is 3.78. The van der Waals surface area contributed by atoms with Crippen molar-refractivity contribution >= 4 is 28.8 Å². The Morgan fingerprint density at radius 2 is 2.23 bits per heavy atom. The van der Waals surface area contributed by atoms with Gasteiger partial charge in [-0.15, -0.1) is 11.3 Å². The van der Waals surface area contributed by atoms with E-state index in [4.69, 9.17) is 9.47 Å².